The fraction of sp³-hybridized carbons (Fsp3) is 0.107. The third kappa shape index (κ3) is 8.94. The van der Waals surface area contributed by atoms with Gasteiger partial charge in [0.25, 0.3) is 0 Å². The van der Waals surface area contributed by atoms with E-state index in [-0.39, 0.29) is 34.9 Å². The summed E-state index contributed by atoms with van der Waals surface area (Å²) in [4.78, 5) is 24.3. The fourth-order valence-corrected chi connectivity index (χ4v) is 4.74. The first-order chi connectivity index (χ1) is 19.3. The Bertz CT molecular complexity index is 1640. The number of pyridine rings is 1. The van der Waals surface area contributed by atoms with Gasteiger partial charge in [-0.2, -0.15) is 13.2 Å². The number of alkyl halides is 3. The highest BCUT2D eigenvalue weighted by Gasteiger charge is 2.30. The van der Waals surface area contributed by atoms with Crippen LogP contribution in [0.3, 0.4) is 0 Å². The Morgan fingerprint density at radius 3 is 2.12 bits per heavy atom. The van der Waals surface area contributed by atoms with Crippen LogP contribution in [0, 0.1) is 0 Å². The predicted molar refractivity (Wildman–Crippen MR) is 154 cm³/mol. The maximum atomic E-state index is 12.9. The molecule has 222 valence electrons. The smallest absolute Gasteiger partial charge is 0.417 e. The number of hydrogen-bond acceptors (Lipinski definition) is 6. The van der Waals surface area contributed by atoms with Crippen LogP contribution in [0.2, 0.25) is 0 Å². The molecule has 0 aliphatic carbocycles. The number of rotatable bonds is 8. The van der Waals surface area contributed by atoms with E-state index in [9.17, 15) is 31.2 Å². The maximum Gasteiger partial charge on any atom is 0.417 e. The van der Waals surface area contributed by atoms with Crippen molar-refractivity contribution in [3.63, 3.8) is 0 Å². The van der Waals surface area contributed by atoms with Gasteiger partial charge in [0.2, 0.25) is 10.0 Å². The number of carboxylic acid groups (broad SMARTS) is 2. The summed E-state index contributed by atoms with van der Waals surface area (Å²) in [5.41, 5.74) is 1.08. The maximum absolute atomic E-state index is 12.9. The standard InChI is InChI=1S/C20H18F3N3O2S.C8H6O4.ClH/c1-24-18-11-19(16-7-3-2-4-8-16)26(14-18)29(27,28)9-5-6-15-10-17(13-25-12-15)20(21,22)23;9-7(10)5-2-1-3-6(4-5)8(11)12;/h2-8,10-14,24H,9H2,1H3;1-4H,(H,9,10)(H,11,12);1H. The first-order valence-corrected chi connectivity index (χ1v) is 13.4. The van der Waals surface area contributed by atoms with Gasteiger partial charge in [-0.25, -0.2) is 22.0 Å². The molecule has 0 saturated heterocycles. The van der Waals surface area contributed by atoms with Crippen molar-refractivity contribution in [3.8, 4) is 11.3 Å². The van der Waals surface area contributed by atoms with E-state index in [1.807, 2.05) is 6.07 Å². The summed E-state index contributed by atoms with van der Waals surface area (Å²) in [7, 11) is -2.11. The Labute approximate surface area is 245 Å². The lowest BCUT2D eigenvalue weighted by atomic mass is 10.1. The second-order valence-electron chi connectivity index (χ2n) is 8.40. The minimum absolute atomic E-state index is 0. The summed E-state index contributed by atoms with van der Waals surface area (Å²) in [6.45, 7) is 0. The predicted octanol–water partition coefficient (Wildman–Crippen LogP) is 6.01. The summed E-state index contributed by atoms with van der Waals surface area (Å²) in [5.74, 6) is -2.64. The van der Waals surface area contributed by atoms with Crippen LogP contribution < -0.4 is 5.32 Å². The highest BCUT2D eigenvalue weighted by atomic mass is 35.5. The number of aromatic carboxylic acids is 2. The van der Waals surface area contributed by atoms with Gasteiger partial charge in [-0.05, 0) is 41.5 Å². The Morgan fingerprint density at radius 1 is 0.952 bits per heavy atom. The first kappa shape index (κ1) is 33.6. The number of carbonyl (C=O) groups is 2. The fourth-order valence-electron chi connectivity index (χ4n) is 3.51. The Balaban J connectivity index is 0.000000399. The van der Waals surface area contributed by atoms with Gasteiger partial charge in [-0.1, -0.05) is 48.6 Å². The van der Waals surface area contributed by atoms with Crippen LogP contribution in [0.5, 0.6) is 0 Å². The molecule has 0 aliphatic rings. The third-order valence-corrected chi connectivity index (χ3v) is 7.02. The number of nitrogens with zero attached hydrogens (tertiary/aromatic N) is 2. The van der Waals surface area contributed by atoms with E-state index < -0.39 is 33.7 Å². The molecule has 0 saturated carbocycles. The van der Waals surface area contributed by atoms with Crippen molar-refractivity contribution in [3.05, 3.63) is 114 Å². The molecule has 2 heterocycles. The zero-order valence-corrected chi connectivity index (χ0v) is 23.4. The Kier molecular flexibility index (Phi) is 11.5. The Morgan fingerprint density at radius 2 is 1.57 bits per heavy atom. The lowest BCUT2D eigenvalue weighted by Gasteiger charge is -2.09. The van der Waals surface area contributed by atoms with Crippen molar-refractivity contribution in [2.45, 2.75) is 6.18 Å². The van der Waals surface area contributed by atoms with Crippen LogP contribution >= 0.6 is 12.4 Å². The molecular formula is C28H25ClF3N3O6S. The number of nitrogens with one attached hydrogen (secondary N) is 1. The van der Waals surface area contributed by atoms with Gasteiger partial charge >= 0.3 is 18.1 Å². The molecule has 2 aromatic heterocycles. The molecule has 0 atom stereocenters. The summed E-state index contributed by atoms with van der Waals surface area (Å²) in [6, 6.07) is 16.9. The highest BCUT2D eigenvalue weighted by Crippen LogP contribution is 2.29. The van der Waals surface area contributed by atoms with Gasteiger partial charge in [0, 0.05) is 25.6 Å². The SMILES string of the molecule is CNc1cc(-c2ccccc2)n(S(=O)(=O)CC=Cc2cncc(C(F)(F)F)c2)c1.Cl.O=C(O)c1cccc(C(=O)O)c1. The number of halogens is 4. The molecule has 14 heteroatoms. The molecule has 9 nitrogen and oxygen atoms in total. The second-order valence-corrected chi connectivity index (χ2v) is 10.3. The zero-order chi connectivity index (χ0) is 30.2. The lowest BCUT2D eigenvalue weighted by molar-refractivity contribution is -0.137. The number of benzene rings is 2. The van der Waals surface area contributed by atoms with E-state index in [4.69, 9.17) is 10.2 Å². The summed E-state index contributed by atoms with van der Waals surface area (Å²) >= 11 is 0. The second kappa shape index (κ2) is 14.3. The third-order valence-electron chi connectivity index (χ3n) is 5.50. The minimum atomic E-state index is -4.51. The highest BCUT2D eigenvalue weighted by molar-refractivity contribution is 7.90. The normalized spacial score (nSPS) is 11.2. The minimum Gasteiger partial charge on any atom is -0.478 e. The van der Waals surface area contributed by atoms with Crippen LogP contribution in [-0.4, -0.2) is 52.3 Å². The number of carboxylic acids is 2. The molecule has 0 unspecified atom stereocenters. The monoisotopic (exact) mass is 623 g/mol. The molecule has 4 aromatic rings. The number of anilines is 1. The van der Waals surface area contributed by atoms with Crippen molar-refractivity contribution in [2.75, 3.05) is 18.1 Å². The van der Waals surface area contributed by atoms with Crippen molar-refractivity contribution in [2.24, 2.45) is 0 Å². The van der Waals surface area contributed by atoms with Gasteiger partial charge in [0.1, 0.15) is 0 Å². The van der Waals surface area contributed by atoms with Gasteiger partial charge in [0.15, 0.2) is 0 Å². The largest absolute Gasteiger partial charge is 0.478 e. The molecule has 0 fully saturated rings. The van der Waals surface area contributed by atoms with E-state index in [1.165, 1.54) is 46.7 Å². The van der Waals surface area contributed by atoms with E-state index in [1.54, 1.807) is 37.4 Å². The van der Waals surface area contributed by atoms with Crippen molar-refractivity contribution >= 4 is 46.1 Å². The molecule has 42 heavy (non-hydrogen) atoms. The van der Waals surface area contributed by atoms with Gasteiger partial charge in [-0.15, -0.1) is 12.4 Å². The molecule has 0 bridgehead atoms. The van der Waals surface area contributed by atoms with Crippen LogP contribution in [0.4, 0.5) is 18.9 Å². The summed E-state index contributed by atoms with van der Waals surface area (Å²) < 4.78 is 65.2. The zero-order valence-electron chi connectivity index (χ0n) is 21.8. The molecular weight excluding hydrogens is 599 g/mol. The average molecular weight is 624 g/mol. The average Bonchev–Trinajstić information content (AvgIpc) is 3.39. The molecule has 0 radical (unpaired) electrons. The van der Waals surface area contributed by atoms with Crippen LogP contribution in [-0.2, 0) is 16.2 Å². The van der Waals surface area contributed by atoms with Crippen molar-refractivity contribution < 1.29 is 41.4 Å². The first-order valence-electron chi connectivity index (χ1n) is 11.8. The van der Waals surface area contributed by atoms with Gasteiger partial charge in [-0.3, -0.25) is 4.98 Å². The van der Waals surface area contributed by atoms with Gasteiger partial charge in [0.05, 0.1) is 33.8 Å². The van der Waals surface area contributed by atoms with Crippen molar-refractivity contribution in [1.29, 1.82) is 0 Å². The topological polar surface area (TPSA) is 139 Å². The van der Waals surface area contributed by atoms with E-state index >= 15 is 0 Å². The summed E-state index contributed by atoms with van der Waals surface area (Å²) in [5, 5.41) is 19.9. The van der Waals surface area contributed by atoms with E-state index in [0.29, 0.717) is 11.4 Å². The molecule has 4 rings (SSSR count). The molecule has 0 amide bonds. The van der Waals surface area contributed by atoms with E-state index in [0.717, 1.165) is 23.9 Å². The molecule has 0 spiro atoms. The molecule has 3 N–H and O–H groups in total. The lowest BCUT2D eigenvalue weighted by Crippen LogP contribution is -2.15. The van der Waals surface area contributed by atoms with E-state index in [2.05, 4.69) is 10.3 Å². The summed E-state index contributed by atoms with van der Waals surface area (Å²) in [6.07, 6.45) is 1.53. The number of hydrogen-bond donors (Lipinski definition) is 3. The molecule has 0 aliphatic heterocycles. The van der Waals surface area contributed by atoms with Crippen LogP contribution in [0.25, 0.3) is 17.3 Å². The van der Waals surface area contributed by atoms with Gasteiger partial charge < -0.3 is 15.5 Å². The Hall–Kier alpha value is -4.62. The van der Waals surface area contributed by atoms with Crippen LogP contribution in [0.15, 0.2) is 91.4 Å². The number of aromatic nitrogens is 2. The van der Waals surface area contributed by atoms with Crippen LogP contribution in [0.1, 0.15) is 31.8 Å². The molecule has 2 aromatic carbocycles. The van der Waals surface area contributed by atoms with Crippen molar-refractivity contribution in [1.82, 2.24) is 8.96 Å². The quantitative estimate of drug-likeness (QED) is 0.217.